The minimum atomic E-state index is -4.43. The van der Waals surface area contributed by atoms with Crippen molar-refractivity contribution < 1.29 is 27.8 Å². The van der Waals surface area contributed by atoms with Crippen molar-refractivity contribution in [2.24, 2.45) is 5.92 Å². The third-order valence-corrected chi connectivity index (χ3v) is 6.39. The molecular formula is C24H34F3N5O3. The number of aliphatic hydroxyl groups is 1. The summed E-state index contributed by atoms with van der Waals surface area (Å²) in [6, 6.07) is 5.20. The number of aryl methyl sites for hydroxylation is 1. The van der Waals surface area contributed by atoms with Gasteiger partial charge >= 0.3 is 6.18 Å². The molecule has 3 atom stereocenters. The zero-order valence-corrected chi connectivity index (χ0v) is 20.4. The number of likely N-dealkylation sites (N-methyl/N-ethyl adjacent to an activating group) is 1. The Bertz CT molecular complexity index is 968. The van der Waals surface area contributed by atoms with Crippen LogP contribution in [0.1, 0.15) is 43.5 Å². The molecule has 194 valence electrons. The summed E-state index contributed by atoms with van der Waals surface area (Å²) in [6.45, 7) is 5.16. The van der Waals surface area contributed by atoms with E-state index in [0.717, 1.165) is 11.8 Å². The molecule has 0 radical (unpaired) electrons. The molecule has 3 rings (SSSR count). The SMILES string of the molecule is C[C@@H]1CN([C@@H](C)CO)C(=O)CCCn2nncc2CO[C@@H]1CN(C)Cc1ccccc1C(F)(F)F. The summed E-state index contributed by atoms with van der Waals surface area (Å²) < 4.78 is 48.3. The number of carbonyl (C=O) groups is 1. The molecular weight excluding hydrogens is 463 g/mol. The van der Waals surface area contributed by atoms with E-state index < -0.39 is 11.7 Å². The number of halogens is 3. The number of rotatable bonds is 6. The predicted octanol–water partition coefficient (Wildman–Crippen LogP) is 2.95. The number of amides is 1. The second kappa shape index (κ2) is 12.0. The van der Waals surface area contributed by atoms with Crippen molar-refractivity contribution in [3.8, 4) is 0 Å². The van der Waals surface area contributed by atoms with Crippen LogP contribution in [-0.4, -0.2) is 74.7 Å². The summed E-state index contributed by atoms with van der Waals surface area (Å²) in [7, 11) is 1.75. The van der Waals surface area contributed by atoms with Crippen molar-refractivity contribution in [3.05, 3.63) is 47.3 Å². The van der Waals surface area contributed by atoms with Gasteiger partial charge in [-0.3, -0.25) is 9.69 Å². The van der Waals surface area contributed by atoms with E-state index in [2.05, 4.69) is 10.3 Å². The predicted molar refractivity (Wildman–Crippen MR) is 123 cm³/mol. The molecule has 2 aromatic rings. The fourth-order valence-electron chi connectivity index (χ4n) is 4.34. The number of aliphatic hydroxyl groups excluding tert-OH is 1. The van der Waals surface area contributed by atoms with Gasteiger partial charge in [0.25, 0.3) is 0 Å². The molecule has 1 aromatic heterocycles. The average Bonchev–Trinajstić information content (AvgIpc) is 3.25. The molecule has 0 spiro atoms. The molecule has 0 saturated carbocycles. The van der Waals surface area contributed by atoms with Crippen LogP contribution in [0.3, 0.4) is 0 Å². The van der Waals surface area contributed by atoms with Gasteiger partial charge in [-0.1, -0.05) is 30.3 Å². The van der Waals surface area contributed by atoms with Crippen LogP contribution in [0.2, 0.25) is 0 Å². The standard InChI is InChI=1S/C24H34F3N5O3/c1-17-12-31(18(2)15-33)23(34)9-6-10-32-20(11-28-29-32)16-35-22(17)14-30(3)13-19-7-4-5-8-21(19)24(25,26)27/h4-5,7-8,11,17-18,22,33H,6,9-10,12-16H2,1-3H3/t17-,18+,22-/m1/s1. The summed E-state index contributed by atoms with van der Waals surface area (Å²) in [5, 5.41) is 17.7. The molecule has 2 heterocycles. The molecule has 0 fully saturated rings. The Balaban J connectivity index is 1.81. The molecule has 1 N–H and O–H groups in total. The van der Waals surface area contributed by atoms with Gasteiger partial charge in [-0.15, -0.1) is 5.10 Å². The third-order valence-electron chi connectivity index (χ3n) is 6.39. The Morgan fingerprint density at radius 1 is 1.31 bits per heavy atom. The van der Waals surface area contributed by atoms with Gasteiger partial charge in [0.15, 0.2) is 0 Å². The Labute approximate surface area is 203 Å². The van der Waals surface area contributed by atoms with Gasteiger partial charge in [-0.2, -0.15) is 13.2 Å². The van der Waals surface area contributed by atoms with Crippen molar-refractivity contribution in [3.63, 3.8) is 0 Å². The van der Waals surface area contributed by atoms with Crippen molar-refractivity contribution in [2.75, 3.05) is 26.7 Å². The molecule has 0 saturated heterocycles. The molecule has 0 aliphatic carbocycles. The first kappa shape index (κ1) is 27.1. The average molecular weight is 498 g/mol. The minimum absolute atomic E-state index is 0.0631. The number of alkyl halides is 3. The Hall–Kier alpha value is -2.50. The van der Waals surface area contributed by atoms with Crippen LogP contribution in [0.15, 0.2) is 30.5 Å². The van der Waals surface area contributed by atoms with Gasteiger partial charge in [-0.25, -0.2) is 4.68 Å². The molecule has 8 nitrogen and oxygen atoms in total. The monoisotopic (exact) mass is 497 g/mol. The van der Waals surface area contributed by atoms with E-state index in [0.29, 0.717) is 32.5 Å². The smallest absolute Gasteiger partial charge is 0.394 e. The molecule has 1 aliphatic heterocycles. The number of nitrogens with zero attached hydrogens (tertiary/aromatic N) is 5. The molecule has 1 amide bonds. The Kier molecular flexibility index (Phi) is 9.26. The van der Waals surface area contributed by atoms with Crippen LogP contribution < -0.4 is 0 Å². The van der Waals surface area contributed by atoms with E-state index >= 15 is 0 Å². The molecule has 35 heavy (non-hydrogen) atoms. The lowest BCUT2D eigenvalue weighted by molar-refractivity contribution is -0.138. The second-order valence-electron chi connectivity index (χ2n) is 9.31. The van der Waals surface area contributed by atoms with Crippen LogP contribution in [0.25, 0.3) is 0 Å². The maximum absolute atomic E-state index is 13.5. The number of ether oxygens (including phenoxy) is 1. The van der Waals surface area contributed by atoms with Crippen LogP contribution in [0.5, 0.6) is 0 Å². The Morgan fingerprint density at radius 3 is 2.77 bits per heavy atom. The number of aromatic nitrogens is 3. The lowest BCUT2D eigenvalue weighted by atomic mass is 10.0. The van der Waals surface area contributed by atoms with Gasteiger partial charge < -0.3 is 14.7 Å². The van der Waals surface area contributed by atoms with E-state index in [9.17, 15) is 23.1 Å². The van der Waals surface area contributed by atoms with Crippen molar-refractivity contribution in [1.82, 2.24) is 24.8 Å². The normalized spacial score (nSPS) is 21.4. The fraction of sp³-hybridized carbons (Fsp3) is 0.625. The summed E-state index contributed by atoms with van der Waals surface area (Å²) in [5.74, 6) is -0.205. The largest absolute Gasteiger partial charge is 0.416 e. The number of carbonyl (C=O) groups excluding carboxylic acids is 1. The number of hydrogen-bond donors (Lipinski definition) is 1. The van der Waals surface area contributed by atoms with E-state index in [-0.39, 0.29) is 49.3 Å². The maximum Gasteiger partial charge on any atom is 0.416 e. The van der Waals surface area contributed by atoms with Gasteiger partial charge in [0, 0.05) is 38.5 Å². The van der Waals surface area contributed by atoms with Crippen LogP contribution >= 0.6 is 0 Å². The summed E-state index contributed by atoms with van der Waals surface area (Å²) in [4.78, 5) is 16.4. The highest BCUT2D eigenvalue weighted by atomic mass is 19.4. The van der Waals surface area contributed by atoms with E-state index in [1.807, 2.05) is 6.92 Å². The first-order valence-electron chi connectivity index (χ1n) is 11.8. The maximum atomic E-state index is 13.5. The minimum Gasteiger partial charge on any atom is -0.394 e. The highest BCUT2D eigenvalue weighted by molar-refractivity contribution is 5.76. The summed E-state index contributed by atoms with van der Waals surface area (Å²) >= 11 is 0. The van der Waals surface area contributed by atoms with E-state index in [1.54, 1.807) is 40.7 Å². The zero-order valence-electron chi connectivity index (χ0n) is 20.4. The van der Waals surface area contributed by atoms with Gasteiger partial charge in [-0.05, 0) is 32.0 Å². The molecule has 1 aliphatic rings. The summed E-state index contributed by atoms with van der Waals surface area (Å²) in [6.07, 6.45) is -2.29. The number of hydrogen-bond acceptors (Lipinski definition) is 6. The first-order chi connectivity index (χ1) is 16.6. The lowest BCUT2D eigenvalue weighted by Gasteiger charge is -2.35. The van der Waals surface area contributed by atoms with E-state index in [4.69, 9.17) is 4.74 Å². The lowest BCUT2D eigenvalue weighted by Crippen LogP contribution is -2.47. The Morgan fingerprint density at radius 2 is 2.06 bits per heavy atom. The van der Waals surface area contributed by atoms with Crippen molar-refractivity contribution in [1.29, 1.82) is 0 Å². The van der Waals surface area contributed by atoms with Gasteiger partial charge in [0.2, 0.25) is 5.91 Å². The van der Waals surface area contributed by atoms with Crippen LogP contribution in [-0.2, 0) is 35.4 Å². The summed E-state index contributed by atoms with van der Waals surface area (Å²) in [5.41, 5.74) is 0.320. The van der Waals surface area contributed by atoms with Gasteiger partial charge in [0.1, 0.15) is 0 Å². The topological polar surface area (TPSA) is 83.7 Å². The molecule has 11 heteroatoms. The molecule has 0 bridgehead atoms. The fourth-order valence-corrected chi connectivity index (χ4v) is 4.34. The third kappa shape index (κ3) is 7.25. The highest BCUT2D eigenvalue weighted by Gasteiger charge is 2.33. The number of fused-ring (bicyclic) bond motifs is 1. The van der Waals surface area contributed by atoms with E-state index in [1.165, 1.54) is 12.1 Å². The highest BCUT2D eigenvalue weighted by Crippen LogP contribution is 2.32. The van der Waals surface area contributed by atoms with Crippen LogP contribution in [0, 0.1) is 5.92 Å². The zero-order chi connectivity index (χ0) is 25.6. The van der Waals surface area contributed by atoms with Gasteiger partial charge in [0.05, 0.1) is 42.8 Å². The molecule has 1 aromatic carbocycles. The second-order valence-corrected chi connectivity index (χ2v) is 9.31. The van der Waals surface area contributed by atoms with Crippen LogP contribution in [0.4, 0.5) is 13.2 Å². The van der Waals surface area contributed by atoms with Crippen molar-refractivity contribution >= 4 is 5.91 Å². The molecule has 0 unspecified atom stereocenters. The quantitative estimate of drug-likeness (QED) is 0.661. The number of benzene rings is 1. The first-order valence-corrected chi connectivity index (χ1v) is 11.8. The van der Waals surface area contributed by atoms with Crippen molar-refractivity contribution in [2.45, 2.75) is 64.7 Å².